The summed E-state index contributed by atoms with van der Waals surface area (Å²) in [5.41, 5.74) is 7.85. The molecule has 1 amide bonds. The molecule has 0 unspecified atom stereocenters. The van der Waals surface area contributed by atoms with Gasteiger partial charge >= 0.3 is 0 Å². The van der Waals surface area contributed by atoms with Crippen LogP contribution in [-0.2, 0) is 16.6 Å². The second-order valence-corrected chi connectivity index (χ2v) is 10.5. The predicted octanol–water partition coefficient (Wildman–Crippen LogP) is 2.82. The maximum absolute atomic E-state index is 14.2. The maximum atomic E-state index is 14.2. The van der Waals surface area contributed by atoms with Crippen molar-refractivity contribution in [3.8, 4) is 11.1 Å². The third kappa shape index (κ3) is 5.37. The molecule has 9 nitrogen and oxygen atoms in total. The lowest BCUT2D eigenvalue weighted by Gasteiger charge is -2.17. The van der Waals surface area contributed by atoms with Gasteiger partial charge in [0.25, 0.3) is 5.91 Å². The summed E-state index contributed by atoms with van der Waals surface area (Å²) in [7, 11) is -0.744. The summed E-state index contributed by atoms with van der Waals surface area (Å²) < 4.78 is 42.1. The predicted molar refractivity (Wildman–Crippen MR) is 134 cm³/mol. The zero-order valence-electron chi connectivity index (χ0n) is 19.5. The number of nitrogens with zero attached hydrogens (tertiary/aromatic N) is 5. The Morgan fingerprint density at radius 2 is 1.91 bits per heavy atom. The van der Waals surface area contributed by atoms with Crippen molar-refractivity contribution in [3.63, 3.8) is 0 Å². The summed E-state index contributed by atoms with van der Waals surface area (Å²) in [6.07, 6.45) is 3.14. The Hall–Kier alpha value is -2.86. The molecule has 2 aromatic carbocycles. The van der Waals surface area contributed by atoms with Gasteiger partial charge in [0.1, 0.15) is 11.3 Å². The number of hydrogen-bond donors (Lipinski definition) is 1. The number of rotatable bonds is 7. The van der Waals surface area contributed by atoms with Gasteiger partial charge in [-0.3, -0.25) is 4.79 Å². The van der Waals surface area contributed by atoms with Crippen molar-refractivity contribution < 1.29 is 17.6 Å². The lowest BCUT2D eigenvalue weighted by atomic mass is 10.0. The molecule has 0 radical (unpaired) electrons. The Labute approximate surface area is 209 Å². The average molecular weight is 523 g/mol. The van der Waals surface area contributed by atoms with Crippen molar-refractivity contribution in [1.82, 2.24) is 24.2 Å². The highest BCUT2D eigenvalue weighted by molar-refractivity contribution is 7.89. The van der Waals surface area contributed by atoms with E-state index in [1.165, 1.54) is 30.9 Å². The van der Waals surface area contributed by atoms with E-state index in [4.69, 9.17) is 5.73 Å². The van der Waals surface area contributed by atoms with E-state index in [0.29, 0.717) is 40.8 Å². The van der Waals surface area contributed by atoms with Crippen LogP contribution in [0.3, 0.4) is 0 Å². The summed E-state index contributed by atoms with van der Waals surface area (Å²) in [6, 6.07) is 9.81. The topological polar surface area (TPSA) is 114 Å². The van der Waals surface area contributed by atoms with Gasteiger partial charge in [-0.05, 0) is 48.7 Å². The zero-order valence-corrected chi connectivity index (χ0v) is 21.1. The van der Waals surface area contributed by atoms with Crippen molar-refractivity contribution >= 4 is 39.4 Å². The van der Waals surface area contributed by atoms with Gasteiger partial charge in [0.05, 0.1) is 17.0 Å². The van der Waals surface area contributed by atoms with Crippen LogP contribution in [0.25, 0.3) is 22.2 Å². The van der Waals surface area contributed by atoms with Gasteiger partial charge < -0.3 is 10.6 Å². The smallest absolute Gasteiger partial charge is 0.253 e. The number of allylic oxidation sites excluding steroid dienone is 1. The number of aromatic nitrogens is 3. The van der Waals surface area contributed by atoms with Crippen LogP contribution >= 0.6 is 12.4 Å². The van der Waals surface area contributed by atoms with Gasteiger partial charge in [-0.15, -0.1) is 17.5 Å². The van der Waals surface area contributed by atoms with E-state index in [2.05, 4.69) is 10.3 Å². The molecule has 12 heteroatoms. The van der Waals surface area contributed by atoms with Crippen molar-refractivity contribution in [2.45, 2.75) is 24.3 Å². The third-order valence-corrected chi connectivity index (χ3v) is 7.64. The Kier molecular flexibility index (Phi) is 8.26. The molecule has 0 bridgehead atoms. The monoisotopic (exact) mass is 522 g/mol. The molecule has 1 aliphatic heterocycles. The lowest BCUT2D eigenvalue weighted by Crippen LogP contribution is -2.27. The van der Waals surface area contributed by atoms with E-state index in [-0.39, 0.29) is 36.3 Å². The lowest BCUT2D eigenvalue weighted by molar-refractivity contribution is 0.0793. The molecular formula is C23H28ClFN6O3S. The number of carbonyl (C=O) groups is 1. The number of fused-ring (bicyclic) bond motifs is 1. The van der Waals surface area contributed by atoms with Gasteiger partial charge in [-0.25, -0.2) is 21.8 Å². The Morgan fingerprint density at radius 3 is 2.57 bits per heavy atom. The average Bonchev–Trinajstić information content (AvgIpc) is 3.49. The number of nitrogens with two attached hydrogens (primary N) is 1. The minimum Gasteiger partial charge on any atom is -0.339 e. The van der Waals surface area contributed by atoms with E-state index in [0.717, 1.165) is 17.1 Å². The molecule has 0 aliphatic carbocycles. The second-order valence-electron chi connectivity index (χ2n) is 8.34. The fourth-order valence-corrected chi connectivity index (χ4v) is 4.95. The normalized spacial score (nSPS) is 14.5. The van der Waals surface area contributed by atoms with Crippen LogP contribution in [0.5, 0.6) is 0 Å². The summed E-state index contributed by atoms with van der Waals surface area (Å²) in [4.78, 5) is 15.1. The Bertz CT molecular complexity index is 1370. The van der Waals surface area contributed by atoms with Crippen LogP contribution < -0.4 is 5.73 Å². The van der Waals surface area contributed by atoms with E-state index >= 15 is 0 Å². The first-order valence-electron chi connectivity index (χ1n) is 11.0. The molecule has 0 atom stereocenters. The molecule has 4 rings (SSSR count). The second kappa shape index (κ2) is 10.8. The van der Waals surface area contributed by atoms with E-state index < -0.39 is 15.9 Å². The molecular weight excluding hydrogens is 495 g/mol. The Morgan fingerprint density at radius 1 is 1.20 bits per heavy atom. The van der Waals surface area contributed by atoms with Crippen molar-refractivity contribution in [2.24, 2.45) is 5.73 Å². The van der Waals surface area contributed by atoms with Gasteiger partial charge in [0, 0.05) is 44.9 Å². The summed E-state index contributed by atoms with van der Waals surface area (Å²) in [5.74, 6) is -0.602. The molecule has 1 aliphatic rings. The van der Waals surface area contributed by atoms with Gasteiger partial charge in [-0.2, -0.15) is 0 Å². The first kappa shape index (κ1) is 26.7. The molecule has 35 heavy (non-hydrogen) atoms. The third-order valence-electron chi connectivity index (χ3n) is 5.82. The first-order chi connectivity index (χ1) is 16.2. The standard InChI is InChI=1S/C23H27FN6O3S.ClH/c1-28(2)34(32,33)19-7-5-6-16(12-19)20-13-17(23(31)29-10-3-4-11-29)14-21-22(20)26-27-30(21)15-18(24)8-9-25;/h5-8,12-14H,3-4,9-11,15,25H2,1-2H3;1H/b18-8-;. The number of halogens is 2. The molecule has 188 valence electrons. The molecule has 2 N–H and O–H groups in total. The van der Waals surface area contributed by atoms with Crippen molar-refractivity contribution in [3.05, 3.63) is 53.9 Å². The minimum atomic E-state index is -3.67. The number of sulfonamides is 1. The highest BCUT2D eigenvalue weighted by atomic mass is 35.5. The quantitative estimate of drug-likeness (QED) is 0.510. The molecule has 3 aromatic rings. The number of likely N-dealkylation sites (tertiary alicyclic amines) is 1. The highest BCUT2D eigenvalue weighted by Gasteiger charge is 2.24. The molecule has 0 saturated carbocycles. The molecule has 1 fully saturated rings. The fourth-order valence-electron chi connectivity index (χ4n) is 4.00. The zero-order chi connectivity index (χ0) is 24.5. The number of hydrogen-bond acceptors (Lipinski definition) is 6. The SMILES string of the molecule is CN(C)S(=O)(=O)c1cccc(-c2cc(C(=O)N3CCCC3)cc3c2nnn3C/C(F)=C/CN)c1.Cl. The summed E-state index contributed by atoms with van der Waals surface area (Å²) >= 11 is 0. The molecule has 0 spiro atoms. The highest BCUT2D eigenvalue weighted by Crippen LogP contribution is 2.32. The number of amides is 1. The molecule has 1 saturated heterocycles. The maximum Gasteiger partial charge on any atom is 0.253 e. The van der Waals surface area contributed by atoms with Crippen LogP contribution in [0.2, 0.25) is 0 Å². The van der Waals surface area contributed by atoms with Crippen molar-refractivity contribution in [2.75, 3.05) is 33.7 Å². The van der Waals surface area contributed by atoms with Gasteiger partial charge in [-0.1, -0.05) is 17.3 Å². The molecule has 1 aromatic heterocycles. The first-order valence-corrected chi connectivity index (χ1v) is 12.4. The minimum absolute atomic E-state index is 0. The van der Waals surface area contributed by atoms with E-state index in [1.807, 2.05) is 0 Å². The fraction of sp³-hybridized carbons (Fsp3) is 0.348. The van der Waals surface area contributed by atoms with Gasteiger partial charge in [0.15, 0.2) is 0 Å². The number of carbonyl (C=O) groups excluding carboxylic acids is 1. The van der Waals surface area contributed by atoms with Crippen LogP contribution in [0, 0.1) is 0 Å². The summed E-state index contributed by atoms with van der Waals surface area (Å²) in [6.45, 7) is 1.22. The van der Waals surface area contributed by atoms with Crippen LogP contribution in [0.4, 0.5) is 4.39 Å². The van der Waals surface area contributed by atoms with Crippen LogP contribution in [0.15, 0.2) is 53.2 Å². The van der Waals surface area contributed by atoms with E-state index in [1.54, 1.807) is 35.2 Å². The molecule has 2 heterocycles. The largest absolute Gasteiger partial charge is 0.339 e. The van der Waals surface area contributed by atoms with E-state index in [9.17, 15) is 17.6 Å². The van der Waals surface area contributed by atoms with Crippen molar-refractivity contribution in [1.29, 1.82) is 0 Å². The van der Waals surface area contributed by atoms with Gasteiger partial charge in [0.2, 0.25) is 10.0 Å². The Balaban J connectivity index is 0.00000342. The number of benzene rings is 2. The summed E-state index contributed by atoms with van der Waals surface area (Å²) in [5, 5.41) is 8.33. The van der Waals surface area contributed by atoms with Crippen LogP contribution in [0.1, 0.15) is 23.2 Å². The van der Waals surface area contributed by atoms with Crippen LogP contribution in [-0.4, -0.2) is 72.3 Å².